The van der Waals surface area contributed by atoms with Crippen molar-refractivity contribution in [3.8, 4) is 16.9 Å². The van der Waals surface area contributed by atoms with Gasteiger partial charge in [-0.3, -0.25) is 14.5 Å². The molecule has 0 unspecified atom stereocenters. The number of benzene rings is 2. The lowest BCUT2D eigenvalue weighted by Crippen LogP contribution is -2.10. The zero-order chi connectivity index (χ0) is 21.8. The molecule has 0 aliphatic rings. The number of rotatable bonds is 7. The molecule has 2 aromatic carbocycles. The van der Waals surface area contributed by atoms with E-state index in [1.807, 2.05) is 32.0 Å². The molecule has 1 heterocycles. The van der Waals surface area contributed by atoms with Crippen LogP contribution in [-0.4, -0.2) is 35.4 Å². The predicted octanol–water partition coefficient (Wildman–Crippen LogP) is 4.28. The number of aromatic nitrogens is 2. The maximum atomic E-state index is 13.9. The molecule has 0 atom stereocenters. The Morgan fingerprint density at radius 2 is 2.03 bits per heavy atom. The van der Waals surface area contributed by atoms with Gasteiger partial charge in [0, 0.05) is 48.9 Å². The van der Waals surface area contributed by atoms with Crippen LogP contribution in [0.15, 0.2) is 52.7 Å². The minimum absolute atomic E-state index is 0.321. The zero-order valence-corrected chi connectivity index (χ0v) is 17.6. The molecule has 0 amide bonds. The number of nitrogens with zero attached hydrogens (tertiary/aromatic N) is 3. The molecule has 6 nitrogen and oxygen atoms in total. The minimum Gasteiger partial charge on any atom is -0.492 e. The molecular weight excluding hydrogens is 383 g/mol. The van der Waals surface area contributed by atoms with Gasteiger partial charge in [-0.05, 0) is 49.2 Å². The first-order valence-corrected chi connectivity index (χ1v) is 9.59. The first-order chi connectivity index (χ1) is 14.3. The van der Waals surface area contributed by atoms with E-state index in [-0.39, 0.29) is 5.82 Å². The molecule has 0 saturated heterocycles. The van der Waals surface area contributed by atoms with Crippen molar-refractivity contribution in [2.45, 2.75) is 20.3 Å². The summed E-state index contributed by atoms with van der Waals surface area (Å²) < 4.78 is 21.6. The summed E-state index contributed by atoms with van der Waals surface area (Å²) in [6.45, 7) is 4.04. The summed E-state index contributed by atoms with van der Waals surface area (Å²) >= 11 is 0. The van der Waals surface area contributed by atoms with Crippen molar-refractivity contribution in [1.82, 2.24) is 9.78 Å². The highest BCUT2D eigenvalue weighted by Gasteiger charge is 2.13. The first kappa shape index (κ1) is 21.2. The van der Waals surface area contributed by atoms with Crippen LogP contribution < -0.4 is 10.5 Å². The molecule has 0 fully saturated rings. The molecule has 30 heavy (non-hydrogen) atoms. The second-order valence-corrected chi connectivity index (χ2v) is 7.07. The van der Waals surface area contributed by atoms with Crippen LogP contribution in [0.25, 0.3) is 22.0 Å². The SMILES string of the molecule is CN=C(C)C(CCOc1cc(F)ccc1-c1ccc2c(c1)c(C=O)nn2C)=C(C)N. The third-order valence-electron chi connectivity index (χ3n) is 5.10. The molecule has 3 aromatic rings. The van der Waals surface area contributed by atoms with E-state index in [0.717, 1.165) is 39.6 Å². The number of hydrogen-bond donors (Lipinski definition) is 1. The van der Waals surface area contributed by atoms with Gasteiger partial charge in [0.2, 0.25) is 0 Å². The lowest BCUT2D eigenvalue weighted by Gasteiger charge is -2.14. The highest BCUT2D eigenvalue weighted by atomic mass is 19.1. The molecule has 7 heteroatoms. The van der Waals surface area contributed by atoms with Gasteiger partial charge in [-0.15, -0.1) is 0 Å². The number of fused-ring (bicyclic) bond motifs is 1. The largest absolute Gasteiger partial charge is 0.492 e. The number of halogens is 1. The molecule has 0 radical (unpaired) electrons. The average molecular weight is 408 g/mol. The van der Waals surface area contributed by atoms with E-state index in [2.05, 4.69) is 10.1 Å². The number of ether oxygens (including phenoxy) is 1. The summed E-state index contributed by atoms with van der Waals surface area (Å²) in [5.41, 5.74) is 11.2. The molecule has 0 saturated carbocycles. The lowest BCUT2D eigenvalue weighted by atomic mass is 10.0. The first-order valence-electron chi connectivity index (χ1n) is 9.59. The smallest absolute Gasteiger partial charge is 0.170 e. The summed E-state index contributed by atoms with van der Waals surface area (Å²) in [6, 6.07) is 10.1. The fraction of sp³-hybridized carbons (Fsp3) is 0.261. The highest BCUT2D eigenvalue weighted by Crippen LogP contribution is 2.33. The summed E-state index contributed by atoms with van der Waals surface area (Å²) in [5, 5.41) is 4.95. The van der Waals surface area contributed by atoms with E-state index >= 15 is 0 Å². The standard InChI is InChI=1S/C23H25FN4O2/c1-14(25)18(15(2)26-3)9-10-30-23-12-17(24)6-7-19(23)16-5-8-22-20(11-16)21(13-29)27-28(22)4/h5-8,11-13H,9-10,25H2,1-4H3. The number of allylic oxidation sites excluding steroid dienone is 1. The quantitative estimate of drug-likeness (QED) is 0.467. The van der Waals surface area contributed by atoms with E-state index in [1.165, 1.54) is 12.1 Å². The van der Waals surface area contributed by atoms with Gasteiger partial charge in [-0.1, -0.05) is 6.07 Å². The fourth-order valence-corrected chi connectivity index (χ4v) is 3.46. The second-order valence-electron chi connectivity index (χ2n) is 7.07. The van der Waals surface area contributed by atoms with E-state index in [0.29, 0.717) is 30.2 Å². The van der Waals surface area contributed by atoms with Gasteiger partial charge in [-0.2, -0.15) is 5.10 Å². The average Bonchev–Trinajstić information content (AvgIpc) is 3.05. The number of aryl methyl sites for hydroxylation is 1. The van der Waals surface area contributed by atoms with Gasteiger partial charge < -0.3 is 10.5 Å². The van der Waals surface area contributed by atoms with Crippen LogP contribution in [-0.2, 0) is 7.05 Å². The number of aliphatic imine (C=N–C) groups is 1. The molecule has 1 aromatic heterocycles. The van der Waals surface area contributed by atoms with E-state index < -0.39 is 0 Å². The minimum atomic E-state index is -0.387. The van der Waals surface area contributed by atoms with Crippen LogP contribution in [0, 0.1) is 5.82 Å². The Bertz CT molecular complexity index is 1160. The monoisotopic (exact) mass is 408 g/mol. The molecular formula is C23H25FN4O2. The second kappa shape index (κ2) is 8.90. The van der Waals surface area contributed by atoms with Crippen LogP contribution in [0.2, 0.25) is 0 Å². The predicted molar refractivity (Wildman–Crippen MR) is 118 cm³/mol. The maximum absolute atomic E-state index is 13.9. The van der Waals surface area contributed by atoms with Crippen molar-refractivity contribution in [3.05, 3.63) is 59.2 Å². The highest BCUT2D eigenvalue weighted by molar-refractivity contribution is 5.99. The Morgan fingerprint density at radius 3 is 2.70 bits per heavy atom. The lowest BCUT2D eigenvalue weighted by molar-refractivity contribution is 0.111. The van der Waals surface area contributed by atoms with Crippen LogP contribution >= 0.6 is 0 Å². The topological polar surface area (TPSA) is 82.5 Å². The molecule has 3 rings (SSSR count). The van der Waals surface area contributed by atoms with Crippen LogP contribution in [0.5, 0.6) is 5.75 Å². The Balaban J connectivity index is 1.94. The van der Waals surface area contributed by atoms with Crippen LogP contribution in [0.3, 0.4) is 0 Å². The van der Waals surface area contributed by atoms with Crippen molar-refractivity contribution in [3.63, 3.8) is 0 Å². The fourth-order valence-electron chi connectivity index (χ4n) is 3.46. The Labute approximate surface area is 174 Å². The van der Waals surface area contributed by atoms with Crippen molar-refractivity contribution >= 4 is 22.9 Å². The molecule has 0 aliphatic heterocycles. The van der Waals surface area contributed by atoms with Gasteiger partial charge in [0.25, 0.3) is 0 Å². The number of aldehydes is 1. The van der Waals surface area contributed by atoms with Gasteiger partial charge >= 0.3 is 0 Å². The van der Waals surface area contributed by atoms with Gasteiger partial charge in [-0.25, -0.2) is 4.39 Å². The summed E-state index contributed by atoms with van der Waals surface area (Å²) in [7, 11) is 3.50. The van der Waals surface area contributed by atoms with Crippen molar-refractivity contribution < 1.29 is 13.9 Å². The molecule has 0 spiro atoms. The number of carbonyl (C=O) groups is 1. The number of hydrogen-bond acceptors (Lipinski definition) is 5. The van der Waals surface area contributed by atoms with Crippen molar-refractivity contribution in [2.24, 2.45) is 17.8 Å². The van der Waals surface area contributed by atoms with E-state index in [4.69, 9.17) is 10.5 Å². The Kier molecular flexibility index (Phi) is 6.30. The summed E-state index contributed by atoms with van der Waals surface area (Å²) in [6.07, 6.45) is 1.28. The molecule has 0 aliphatic carbocycles. The van der Waals surface area contributed by atoms with E-state index in [9.17, 15) is 9.18 Å². The Morgan fingerprint density at radius 1 is 1.27 bits per heavy atom. The maximum Gasteiger partial charge on any atom is 0.170 e. The van der Waals surface area contributed by atoms with Crippen molar-refractivity contribution in [2.75, 3.05) is 13.7 Å². The summed E-state index contributed by atoms with van der Waals surface area (Å²) in [5.74, 6) is 0.0351. The third-order valence-corrected chi connectivity index (χ3v) is 5.10. The number of nitrogens with two attached hydrogens (primary N) is 1. The van der Waals surface area contributed by atoms with Gasteiger partial charge in [0.15, 0.2) is 6.29 Å². The molecule has 156 valence electrons. The van der Waals surface area contributed by atoms with Crippen LogP contribution in [0.4, 0.5) is 4.39 Å². The molecule has 0 bridgehead atoms. The summed E-state index contributed by atoms with van der Waals surface area (Å²) in [4.78, 5) is 15.5. The normalized spacial score (nSPS) is 12.8. The van der Waals surface area contributed by atoms with Gasteiger partial charge in [0.1, 0.15) is 17.3 Å². The van der Waals surface area contributed by atoms with E-state index in [1.54, 1.807) is 24.8 Å². The molecule has 2 N–H and O–H groups in total. The van der Waals surface area contributed by atoms with Gasteiger partial charge in [0.05, 0.1) is 12.1 Å². The zero-order valence-electron chi connectivity index (χ0n) is 17.6. The number of carbonyl (C=O) groups excluding carboxylic acids is 1. The van der Waals surface area contributed by atoms with Crippen molar-refractivity contribution in [1.29, 1.82) is 0 Å². The Hall–Kier alpha value is -3.48. The van der Waals surface area contributed by atoms with Crippen LogP contribution in [0.1, 0.15) is 30.8 Å². The third kappa shape index (κ3) is 4.25.